The van der Waals surface area contributed by atoms with E-state index < -0.39 is 18.6 Å². The normalized spacial score (nSPS) is 20.1. The second-order valence-electron chi connectivity index (χ2n) is 6.07. The van der Waals surface area contributed by atoms with Crippen LogP contribution in [0.1, 0.15) is 12.5 Å². The van der Waals surface area contributed by atoms with E-state index in [0.717, 1.165) is 5.56 Å². The Balaban J connectivity index is 1.78. The second kappa shape index (κ2) is 7.94. The van der Waals surface area contributed by atoms with Crippen molar-refractivity contribution >= 4 is 5.91 Å². The second-order valence-corrected chi connectivity index (χ2v) is 6.07. The minimum atomic E-state index is -4.39. The Morgan fingerprint density at radius 2 is 1.92 bits per heavy atom. The van der Waals surface area contributed by atoms with Gasteiger partial charge >= 0.3 is 6.18 Å². The van der Waals surface area contributed by atoms with Gasteiger partial charge in [0.15, 0.2) is 0 Å². The number of carbonyl (C=O) groups excluding carboxylic acids is 1. The number of amides is 1. The number of carbonyl (C=O) groups is 1. The Labute approximate surface area is 138 Å². The lowest BCUT2D eigenvalue weighted by Gasteiger charge is -2.39. The molecule has 4 nitrogen and oxygen atoms in total. The fraction of sp³-hybridized carbons (Fsp3) is 0.562. The fourth-order valence-corrected chi connectivity index (χ4v) is 2.74. The molecule has 1 aliphatic heterocycles. The van der Waals surface area contributed by atoms with Crippen molar-refractivity contribution < 1.29 is 22.4 Å². The van der Waals surface area contributed by atoms with E-state index in [9.17, 15) is 22.4 Å². The summed E-state index contributed by atoms with van der Waals surface area (Å²) in [7, 11) is 0. The van der Waals surface area contributed by atoms with E-state index in [1.54, 1.807) is 12.1 Å². The molecule has 0 unspecified atom stereocenters. The lowest BCUT2D eigenvalue weighted by molar-refractivity contribution is -0.139. The molecule has 0 aromatic heterocycles. The summed E-state index contributed by atoms with van der Waals surface area (Å²) in [5, 5.41) is 1.89. The van der Waals surface area contributed by atoms with E-state index in [2.05, 4.69) is 4.90 Å². The van der Waals surface area contributed by atoms with E-state index in [1.165, 1.54) is 12.1 Å². The molecule has 1 fully saturated rings. The Bertz CT molecular complexity index is 547. The number of nitrogens with one attached hydrogen (secondary N) is 1. The van der Waals surface area contributed by atoms with Crippen LogP contribution in [0, 0.1) is 5.82 Å². The summed E-state index contributed by atoms with van der Waals surface area (Å²) in [6.45, 7) is 3.28. The summed E-state index contributed by atoms with van der Waals surface area (Å²) < 4.78 is 49.2. The highest BCUT2D eigenvalue weighted by molar-refractivity contribution is 5.78. The minimum absolute atomic E-state index is 0.0400. The monoisotopic (exact) mass is 347 g/mol. The number of alkyl halides is 3. The zero-order chi connectivity index (χ0) is 17.7. The molecule has 1 heterocycles. The molecule has 1 atom stereocenters. The lowest BCUT2D eigenvalue weighted by atomic mass is 10.1. The Morgan fingerprint density at radius 3 is 2.50 bits per heavy atom. The molecule has 24 heavy (non-hydrogen) atoms. The van der Waals surface area contributed by atoms with E-state index in [4.69, 9.17) is 0 Å². The van der Waals surface area contributed by atoms with Crippen LogP contribution in [0.15, 0.2) is 24.3 Å². The third-order valence-electron chi connectivity index (χ3n) is 4.00. The quantitative estimate of drug-likeness (QED) is 0.828. The highest BCUT2D eigenvalue weighted by Crippen LogP contribution is 2.14. The average Bonchev–Trinajstić information content (AvgIpc) is 2.50. The molecule has 0 spiro atoms. The van der Waals surface area contributed by atoms with Gasteiger partial charge in [-0.15, -0.1) is 0 Å². The number of nitrogens with zero attached hydrogens (tertiary/aromatic N) is 2. The topological polar surface area (TPSA) is 35.6 Å². The zero-order valence-corrected chi connectivity index (χ0v) is 13.4. The number of benzene rings is 1. The van der Waals surface area contributed by atoms with Crippen LogP contribution in [0.4, 0.5) is 17.6 Å². The molecule has 1 aromatic carbocycles. The van der Waals surface area contributed by atoms with Crippen LogP contribution in [-0.2, 0) is 11.3 Å². The predicted octanol–water partition coefficient (Wildman–Crippen LogP) is 2.01. The van der Waals surface area contributed by atoms with Gasteiger partial charge in [0.1, 0.15) is 12.4 Å². The van der Waals surface area contributed by atoms with Gasteiger partial charge in [-0.1, -0.05) is 12.1 Å². The van der Waals surface area contributed by atoms with Crippen molar-refractivity contribution in [2.24, 2.45) is 0 Å². The first kappa shape index (κ1) is 18.7. The molecule has 0 bridgehead atoms. The smallest absolute Gasteiger partial charge is 0.346 e. The first-order valence-electron chi connectivity index (χ1n) is 7.77. The van der Waals surface area contributed by atoms with Gasteiger partial charge < -0.3 is 5.32 Å². The zero-order valence-electron chi connectivity index (χ0n) is 13.4. The van der Waals surface area contributed by atoms with Gasteiger partial charge in [-0.25, -0.2) is 4.39 Å². The summed E-state index contributed by atoms with van der Waals surface area (Å²) in [6, 6.07) is 6.35. The third-order valence-corrected chi connectivity index (χ3v) is 4.00. The maximum absolute atomic E-state index is 12.9. The van der Waals surface area contributed by atoms with Crippen LogP contribution < -0.4 is 5.32 Å². The summed E-state index contributed by atoms with van der Waals surface area (Å²) in [4.78, 5) is 15.7. The van der Waals surface area contributed by atoms with Crippen molar-refractivity contribution in [2.75, 3.05) is 32.7 Å². The van der Waals surface area contributed by atoms with Gasteiger partial charge in [0.2, 0.25) is 5.91 Å². The van der Waals surface area contributed by atoms with Crippen molar-refractivity contribution in [1.29, 1.82) is 0 Å². The predicted molar refractivity (Wildman–Crippen MR) is 81.8 cm³/mol. The average molecular weight is 347 g/mol. The Kier molecular flexibility index (Phi) is 6.17. The van der Waals surface area contributed by atoms with Gasteiger partial charge in [0.25, 0.3) is 0 Å². The van der Waals surface area contributed by atoms with Crippen LogP contribution in [0.5, 0.6) is 0 Å². The molecule has 0 saturated carbocycles. The number of rotatable bonds is 5. The molecule has 0 radical (unpaired) electrons. The van der Waals surface area contributed by atoms with Crippen molar-refractivity contribution in [3.63, 3.8) is 0 Å². The highest BCUT2D eigenvalue weighted by atomic mass is 19.4. The molecule has 1 saturated heterocycles. The minimum Gasteiger partial charge on any atom is -0.346 e. The van der Waals surface area contributed by atoms with Crippen molar-refractivity contribution in [1.82, 2.24) is 15.1 Å². The Morgan fingerprint density at radius 1 is 1.25 bits per heavy atom. The first-order valence-corrected chi connectivity index (χ1v) is 7.77. The summed E-state index contributed by atoms with van der Waals surface area (Å²) in [5.41, 5.74) is 1.000. The molecule has 1 aliphatic rings. The molecular formula is C16H21F4N3O. The maximum Gasteiger partial charge on any atom is 0.405 e. The van der Waals surface area contributed by atoms with E-state index in [1.807, 2.05) is 17.1 Å². The largest absolute Gasteiger partial charge is 0.405 e. The summed E-state index contributed by atoms with van der Waals surface area (Å²) >= 11 is 0. The van der Waals surface area contributed by atoms with Crippen LogP contribution in [-0.4, -0.2) is 60.6 Å². The van der Waals surface area contributed by atoms with Crippen molar-refractivity contribution in [3.8, 4) is 0 Å². The van der Waals surface area contributed by atoms with Crippen LogP contribution in [0.2, 0.25) is 0 Å². The number of piperazine rings is 1. The van der Waals surface area contributed by atoms with Crippen LogP contribution in [0.25, 0.3) is 0 Å². The highest BCUT2D eigenvalue weighted by Gasteiger charge is 2.29. The molecule has 1 N–H and O–H groups in total. The maximum atomic E-state index is 12.9. The molecule has 134 valence electrons. The summed E-state index contributed by atoms with van der Waals surface area (Å²) in [6.07, 6.45) is -4.39. The molecule has 0 aliphatic carbocycles. The SMILES string of the molecule is C[C@@H]1CN(Cc2ccc(F)cc2)CCN1CC(=O)NCC(F)(F)F. The lowest BCUT2D eigenvalue weighted by Crippen LogP contribution is -2.54. The third kappa shape index (κ3) is 6.09. The molecular weight excluding hydrogens is 326 g/mol. The molecule has 8 heteroatoms. The van der Waals surface area contributed by atoms with Gasteiger partial charge in [0, 0.05) is 32.2 Å². The van der Waals surface area contributed by atoms with Gasteiger partial charge in [-0.2, -0.15) is 13.2 Å². The fourth-order valence-electron chi connectivity index (χ4n) is 2.74. The molecule has 1 aromatic rings. The van der Waals surface area contributed by atoms with Crippen LogP contribution >= 0.6 is 0 Å². The number of halogens is 4. The Hall–Kier alpha value is -1.67. The van der Waals surface area contributed by atoms with E-state index in [-0.39, 0.29) is 18.4 Å². The summed E-state index contributed by atoms with van der Waals surface area (Å²) in [5.74, 6) is -0.895. The van der Waals surface area contributed by atoms with E-state index in [0.29, 0.717) is 26.2 Å². The van der Waals surface area contributed by atoms with Crippen molar-refractivity contribution in [2.45, 2.75) is 25.7 Å². The molecule has 2 rings (SSSR count). The standard InChI is InChI=1S/C16H21F4N3O/c1-12-8-22(9-13-2-4-14(17)5-3-13)6-7-23(12)10-15(24)21-11-16(18,19)20/h2-5,12H,6-11H2,1H3,(H,21,24)/t12-/m1/s1. The van der Waals surface area contributed by atoms with Gasteiger partial charge in [-0.05, 0) is 24.6 Å². The van der Waals surface area contributed by atoms with Crippen LogP contribution in [0.3, 0.4) is 0 Å². The molecule has 1 amide bonds. The van der Waals surface area contributed by atoms with Gasteiger partial charge in [-0.3, -0.25) is 14.6 Å². The number of hydrogen-bond acceptors (Lipinski definition) is 3. The van der Waals surface area contributed by atoms with E-state index >= 15 is 0 Å². The van der Waals surface area contributed by atoms with Gasteiger partial charge in [0.05, 0.1) is 6.54 Å². The van der Waals surface area contributed by atoms with Crippen molar-refractivity contribution in [3.05, 3.63) is 35.6 Å². The first-order chi connectivity index (χ1) is 11.2. The number of hydrogen-bond donors (Lipinski definition) is 1.